The summed E-state index contributed by atoms with van der Waals surface area (Å²) >= 11 is 0. The van der Waals surface area contributed by atoms with Crippen molar-refractivity contribution >= 4 is 22.4 Å². The van der Waals surface area contributed by atoms with Gasteiger partial charge in [-0.15, -0.1) is 12.4 Å². The Kier molecular flexibility index (Phi) is 8.55. The molecule has 0 amide bonds. The molecule has 0 aliphatic heterocycles. The number of sulfonamides is 1. The molecule has 0 saturated heterocycles. The summed E-state index contributed by atoms with van der Waals surface area (Å²) < 4.78 is 46.2. The SMILES string of the molecule is CNC1CCc2ccc(OCCNS(=O)(=O)CC3CC3)cc2C1Cc1cccc(F)c1.Cl. The number of ether oxygens (including phenoxy) is 1. The summed E-state index contributed by atoms with van der Waals surface area (Å²) in [6, 6.07) is 13.2. The maximum atomic E-state index is 13.7. The second-order valence-corrected chi connectivity index (χ2v) is 10.6. The van der Waals surface area contributed by atoms with E-state index in [-0.39, 0.29) is 43.0 Å². The number of fused-ring (bicyclic) bond motifs is 1. The number of likely N-dealkylation sites (N-methyl/N-ethyl adjacent to an activating group) is 1. The van der Waals surface area contributed by atoms with Crippen molar-refractivity contribution in [2.75, 3.05) is 26.0 Å². The van der Waals surface area contributed by atoms with Crippen LogP contribution in [0.3, 0.4) is 0 Å². The molecule has 2 aliphatic carbocycles. The highest BCUT2D eigenvalue weighted by Crippen LogP contribution is 2.36. The summed E-state index contributed by atoms with van der Waals surface area (Å²) in [5.41, 5.74) is 3.50. The van der Waals surface area contributed by atoms with Gasteiger partial charge in [-0.2, -0.15) is 0 Å². The third-order valence-corrected chi connectivity index (χ3v) is 7.84. The van der Waals surface area contributed by atoms with Gasteiger partial charge < -0.3 is 10.1 Å². The molecule has 5 nitrogen and oxygen atoms in total. The zero-order chi connectivity index (χ0) is 21.8. The third kappa shape index (κ3) is 6.67. The van der Waals surface area contributed by atoms with Crippen LogP contribution in [0.2, 0.25) is 0 Å². The predicted molar refractivity (Wildman–Crippen MR) is 128 cm³/mol. The maximum absolute atomic E-state index is 13.7. The van der Waals surface area contributed by atoms with Gasteiger partial charge >= 0.3 is 0 Å². The zero-order valence-corrected chi connectivity index (χ0v) is 20.0. The average Bonchev–Trinajstić information content (AvgIpc) is 3.55. The molecule has 0 aromatic heterocycles. The molecule has 176 valence electrons. The molecule has 32 heavy (non-hydrogen) atoms. The van der Waals surface area contributed by atoms with Gasteiger partial charge in [0.1, 0.15) is 18.2 Å². The Morgan fingerprint density at radius 3 is 2.66 bits per heavy atom. The summed E-state index contributed by atoms with van der Waals surface area (Å²) in [5, 5.41) is 3.43. The maximum Gasteiger partial charge on any atom is 0.211 e. The highest BCUT2D eigenvalue weighted by atomic mass is 35.5. The van der Waals surface area contributed by atoms with E-state index in [1.165, 1.54) is 17.2 Å². The number of rotatable bonds is 10. The fourth-order valence-electron chi connectivity index (χ4n) is 4.50. The van der Waals surface area contributed by atoms with Crippen molar-refractivity contribution in [1.29, 1.82) is 0 Å². The molecule has 1 saturated carbocycles. The van der Waals surface area contributed by atoms with Crippen LogP contribution in [0.5, 0.6) is 5.75 Å². The molecule has 2 aromatic carbocycles. The van der Waals surface area contributed by atoms with E-state index < -0.39 is 10.0 Å². The van der Waals surface area contributed by atoms with Gasteiger partial charge in [0.25, 0.3) is 0 Å². The first-order chi connectivity index (χ1) is 14.9. The standard InChI is InChI=1S/C24H31FN2O3S.ClH/c1-26-24-10-8-19-7-9-21(30-12-11-27-31(28,29)16-17-5-6-17)15-22(19)23(24)14-18-3-2-4-20(25)13-18;/h2-4,7,9,13,15,17,23-24,26-27H,5-6,8,10-12,14,16H2,1H3;1H. The molecule has 2 aromatic rings. The first kappa shape index (κ1) is 25.0. The summed E-state index contributed by atoms with van der Waals surface area (Å²) in [4.78, 5) is 0. The molecule has 0 spiro atoms. The highest BCUT2D eigenvalue weighted by molar-refractivity contribution is 7.89. The van der Waals surface area contributed by atoms with Crippen LogP contribution in [0.1, 0.15) is 41.9 Å². The second kappa shape index (κ2) is 11.0. The molecular formula is C24H32ClFN2O3S. The van der Waals surface area contributed by atoms with Gasteiger partial charge in [-0.05, 0) is 86.0 Å². The predicted octanol–water partition coefficient (Wildman–Crippen LogP) is 3.82. The van der Waals surface area contributed by atoms with Crippen molar-refractivity contribution in [2.45, 2.75) is 44.1 Å². The van der Waals surface area contributed by atoms with Crippen molar-refractivity contribution in [2.24, 2.45) is 5.92 Å². The Bertz CT molecular complexity index is 1010. The molecule has 8 heteroatoms. The number of hydrogen-bond donors (Lipinski definition) is 2. The topological polar surface area (TPSA) is 67.4 Å². The largest absolute Gasteiger partial charge is 0.492 e. The van der Waals surface area contributed by atoms with Crippen LogP contribution in [-0.4, -0.2) is 40.4 Å². The number of nitrogens with one attached hydrogen (secondary N) is 2. The molecule has 0 heterocycles. The van der Waals surface area contributed by atoms with Crippen LogP contribution in [0.4, 0.5) is 4.39 Å². The van der Waals surface area contributed by atoms with Crippen LogP contribution in [0.25, 0.3) is 0 Å². The second-order valence-electron chi connectivity index (χ2n) is 8.70. The van der Waals surface area contributed by atoms with Crippen molar-refractivity contribution in [1.82, 2.24) is 10.0 Å². The van der Waals surface area contributed by atoms with E-state index in [9.17, 15) is 12.8 Å². The van der Waals surface area contributed by atoms with Gasteiger partial charge in [-0.3, -0.25) is 0 Å². The molecule has 2 N–H and O–H groups in total. The van der Waals surface area contributed by atoms with Crippen LogP contribution >= 0.6 is 12.4 Å². The van der Waals surface area contributed by atoms with E-state index in [4.69, 9.17) is 4.74 Å². The third-order valence-electron chi connectivity index (χ3n) is 6.29. The minimum absolute atomic E-state index is 0. The van der Waals surface area contributed by atoms with Crippen LogP contribution in [0.15, 0.2) is 42.5 Å². The minimum atomic E-state index is -3.21. The van der Waals surface area contributed by atoms with E-state index in [1.807, 2.05) is 19.2 Å². The molecular weight excluding hydrogens is 451 g/mol. The quantitative estimate of drug-likeness (QED) is 0.505. The lowest BCUT2D eigenvalue weighted by Gasteiger charge is -2.34. The number of benzene rings is 2. The Morgan fingerprint density at radius 1 is 1.12 bits per heavy atom. The van der Waals surface area contributed by atoms with Gasteiger partial charge in [0.2, 0.25) is 10.0 Å². The number of aryl methyl sites for hydroxylation is 1. The van der Waals surface area contributed by atoms with Crippen molar-refractivity contribution in [3.63, 3.8) is 0 Å². The molecule has 2 aliphatic rings. The first-order valence-corrected chi connectivity index (χ1v) is 12.7. The molecule has 0 bridgehead atoms. The summed E-state index contributed by atoms with van der Waals surface area (Å²) in [6.07, 6.45) is 4.79. The fraction of sp³-hybridized carbons (Fsp3) is 0.500. The van der Waals surface area contributed by atoms with Crippen LogP contribution in [-0.2, 0) is 22.9 Å². The fourth-order valence-corrected chi connectivity index (χ4v) is 5.97. The Balaban J connectivity index is 0.00000289. The van der Waals surface area contributed by atoms with Gasteiger partial charge in [0, 0.05) is 18.5 Å². The van der Waals surface area contributed by atoms with Crippen molar-refractivity contribution in [3.8, 4) is 5.75 Å². The van der Waals surface area contributed by atoms with Crippen LogP contribution in [0, 0.1) is 11.7 Å². The van der Waals surface area contributed by atoms with Crippen LogP contribution < -0.4 is 14.8 Å². The van der Waals surface area contributed by atoms with Crippen molar-refractivity contribution in [3.05, 3.63) is 65.0 Å². The molecule has 1 fully saturated rings. The first-order valence-electron chi connectivity index (χ1n) is 11.1. The van der Waals surface area contributed by atoms with Crippen molar-refractivity contribution < 1.29 is 17.5 Å². The molecule has 2 atom stereocenters. The van der Waals surface area contributed by atoms with Gasteiger partial charge in [0.15, 0.2) is 0 Å². The lowest BCUT2D eigenvalue weighted by molar-refractivity contribution is 0.320. The molecule has 4 rings (SSSR count). The smallest absolute Gasteiger partial charge is 0.211 e. The lowest BCUT2D eigenvalue weighted by atomic mass is 9.76. The van der Waals surface area contributed by atoms with E-state index in [1.54, 1.807) is 12.1 Å². The summed E-state index contributed by atoms with van der Waals surface area (Å²) in [7, 11) is -1.24. The highest BCUT2D eigenvalue weighted by Gasteiger charge is 2.29. The van der Waals surface area contributed by atoms with E-state index in [2.05, 4.69) is 22.2 Å². The van der Waals surface area contributed by atoms with E-state index in [0.29, 0.717) is 12.0 Å². The van der Waals surface area contributed by atoms with Gasteiger partial charge in [-0.25, -0.2) is 17.5 Å². The van der Waals surface area contributed by atoms with Gasteiger partial charge in [-0.1, -0.05) is 18.2 Å². The number of halogens is 2. The average molecular weight is 483 g/mol. The zero-order valence-electron chi connectivity index (χ0n) is 18.3. The number of hydrogen-bond acceptors (Lipinski definition) is 4. The van der Waals surface area contributed by atoms with Gasteiger partial charge in [0.05, 0.1) is 5.75 Å². The Hall–Kier alpha value is -1.67. The monoisotopic (exact) mass is 482 g/mol. The lowest BCUT2D eigenvalue weighted by Crippen LogP contribution is -2.37. The molecule has 0 radical (unpaired) electrons. The van der Waals surface area contributed by atoms with E-state index >= 15 is 0 Å². The molecule has 2 unspecified atom stereocenters. The summed E-state index contributed by atoms with van der Waals surface area (Å²) in [6.45, 7) is 0.546. The normalized spacial score (nSPS) is 20.3. The van der Waals surface area contributed by atoms with E-state index in [0.717, 1.165) is 43.4 Å². The summed E-state index contributed by atoms with van der Waals surface area (Å²) in [5.74, 6) is 1.29. The Morgan fingerprint density at radius 2 is 1.94 bits per heavy atom. The Labute approximate surface area is 196 Å². The minimum Gasteiger partial charge on any atom is -0.492 e.